The van der Waals surface area contributed by atoms with E-state index in [1.165, 1.54) is 32.1 Å². The second-order valence-electron chi connectivity index (χ2n) is 7.50. The standard InChI is InChI=1S/C21H24N2O/c1-2-17-19(24)13-16-5-4-15(14-22)12-18(16)20(17)23-10-8-21(9-11-23)6-3-7-21/h1,4-5,12H,3,6-11,13-14,22H2. The first-order chi connectivity index (χ1) is 11.7. The predicted octanol–water partition coefficient (Wildman–Crippen LogP) is 2.88. The summed E-state index contributed by atoms with van der Waals surface area (Å²) in [5.74, 6) is 2.76. The maximum Gasteiger partial charge on any atom is 0.177 e. The molecule has 1 aliphatic heterocycles. The average molecular weight is 320 g/mol. The molecule has 1 heterocycles. The van der Waals surface area contributed by atoms with E-state index in [4.69, 9.17) is 12.2 Å². The normalized spacial score (nSPS) is 22.2. The van der Waals surface area contributed by atoms with E-state index < -0.39 is 0 Å². The van der Waals surface area contributed by atoms with Crippen molar-refractivity contribution >= 4 is 11.5 Å². The third kappa shape index (κ3) is 2.37. The molecule has 1 aromatic carbocycles. The quantitative estimate of drug-likeness (QED) is 0.852. The van der Waals surface area contributed by atoms with Crippen molar-refractivity contribution in [3.8, 4) is 12.3 Å². The van der Waals surface area contributed by atoms with Crippen molar-refractivity contribution in [3.05, 3.63) is 40.5 Å². The number of Topliss-reactive ketones (excluding diaryl/α,β-unsaturated/α-hetero) is 1. The molecule has 3 heteroatoms. The van der Waals surface area contributed by atoms with Crippen molar-refractivity contribution in [2.24, 2.45) is 11.1 Å². The van der Waals surface area contributed by atoms with Crippen LogP contribution in [0, 0.1) is 17.8 Å². The Bertz CT molecular complexity index is 755. The molecule has 1 aromatic rings. The number of nitrogens with two attached hydrogens (primary N) is 1. The highest BCUT2D eigenvalue weighted by molar-refractivity contribution is 6.10. The van der Waals surface area contributed by atoms with Crippen LogP contribution in [0.3, 0.4) is 0 Å². The lowest BCUT2D eigenvalue weighted by atomic mass is 9.63. The second kappa shape index (κ2) is 5.79. The molecule has 0 radical (unpaired) electrons. The van der Waals surface area contributed by atoms with Gasteiger partial charge in [0.2, 0.25) is 0 Å². The summed E-state index contributed by atoms with van der Waals surface area (Å²) in [6, 6.07) is 6.19. The van der Waals surface area contributed by atoms with E-state index in [0.717, 1.165) is 35.5 Å². The first kappa shape index (κ1) is 15.5. The van der Waals surface area contributed by atoms with Gasteiger partial charge in [-0.25, -0.2) is 0 Å². The molecule has 4 rings (SSSR count). The summed E-state index contributed by atoms with van der Waals surface area (Å²) in [6.45, 7) is 2.50. The molecule has 0 aromatic heterocycles. The van der Waals surface area contributed by atoms with E-state index in [1.54, 1.807) is 0 Å². The predicted molar refractivity (Wildman–Crippen MR) is 95.9 cm³/mol. The number of piperidine rings is 1. The van der Waals surface area contributed by atoms with Gasteiger partial charge in [-0.3, -0.25) is 4.79 Å². The molecule has 2 N–H and O–H groups in total. The largest absolute Gasteiger partial charge is 0.370 e. The molecule has 0 amide bonds. The van der Waals surface area contributed by atoms with Gasteiger partial charge in [0.15, 0.2) is 5.78 Å². The SMILES string of the molecule is C#CC1=C(N2CCC3(CCC3)CC2)c2cc(CN)ccc2CC1=O. The van der Waals surface area contributed by atoms with Crippen LogP contribution in [0.15, 0.2) is 23.8 Å². The van der Waals surface area contributed by atoms with Crippen LogP contribution in [0.4, 0.5) is 0 Å². The van der Waals surface area contributed by atoms with Crippen LogP contribution < -0.4 is 5.73 Å². The molecule has 3 aliphatic rings. The van der Waals surface area contributed by atoms with Gasteiger partial charge < -0.3 is 10.6 Å². The summed E-state index contributed by atoms with van der Waals surface area (Å²) < 4.78 is 0. The lowest BCUT2D eigenvalue weighted by Crippen LogP contribution is -2.43. The van der Waals surface area contributed by atoms with Gasteiger partial charge in [0.25, 0.3) is 0 Å². The van der Waals surface area contributed by atoms with Crippen LogP contribution >= 0.6 is 0 Å². The van der Waals surface area contributed by atoms with Crippen molar-refractivity contribution in [1.82, 2.24) is 4.90 Å². The lowest BCUT2D eigenvalue weighted by Gasteiger charge is -2.49. The molecule has 124 valence electrons. The zero-order chi connectivity index (χ0) is 16.7. The zero-order valence-electron chi connectivity index (χ0n) is 14.1. The maximum atomic E-state index is 12.5. The Labute approximate surface area is 143 Å². The number of hydrogen-bond donors (Lipinski definition) is 1. The van der Waals surface area contributed by atoms with Gasteiger partial charge in [-0.1, -0.05) is 24.5 Å². The number of nitrogens with zero attached hydrogens (tertiary/aromatic N) is 1. The van der Waals surface area contributed by atoms with Gasteiger partial charge in [0.1, 0.15) is 0 Å². The van der Waals surface area contributed by atoms with Crippen molar-refractivity contribution in [1.29, 1.82) is 0 Å². The highest BCUT2D eigenvalue weighted by Crippen LogP contribution is 2.50. The summed E-state index contributed by atoms with van der Waals surface area (Å²) in [5.41, 5.74) is 11.2. The molecule has 2 aliphatic carbocycles. The molecule has 24 heavy (non-hydrogen) atoms. The van der Waals surface area contributed by atoms with E-state index in [-0.39, 0.29) is 5.78 Å². The third-order valence-electron chi connectivity index (χ3n) is 6.23. The number of carbonyl (C=O) groups excluding carboxylic acids is 1. The molecule has 0 bridgehead atoms. The van der Waals surface area contributed by atoms with Gasteiger partial charge in [-0.2, -0.15) is 0 Å². The highest BCUT2D eigenvalue weighted by Gasteiger charge is 2.41. The maximum absolute atomic E-state index is 12.5. The number of carbonyl (C=O) groups is 1. The molecule has 1 saturated carbocycles. The average Bonchev–Trinajstić information content (AvgIpc) is 2.59. The molecule has 0 unspecified atom stereocenters. The van der Waals surface area contributed by atoms with E-state index in [9.17, 15) is 4.79 Å². The minimum absolute atomic E-state index is 0.0735. The molecule has 1 saturated heterocycles. The third-order valence-corrected chi connectivity index (χ3v) is 6.23. The highest BCUT2D eigenvalue weighted by atomic mass is 16.1. The van der Waals surface area contributed by atoms with Crippen molar-refractivity contribution in [2.45, 2.75) is 45.1 Å². The number of hydrogen-bond acceptors (Lipinski definition) is 3. The number of ketones is 1. The number of fused-ring (bicyclic) bond motifs is 1. The number of likely N-dealkylation sites (tertiary alicyclic amines) is 1. The first-order valence-electron chi connectivity index (χ1n) is 8.97. The minimum Gasteiger partial charge on any atom is -0.370 e. The van der Waals surface area contributed by atoms with Gasteiger partial charge in [-0.15, -0.1) is 6.42 Å². The Hall–Kier alpha value is -2.05. The number of rotatable bonds is 2. The van der Waals surface area contributed by atoms with E-state index >= 15 is 0 Å². The fraction of sp³-hybridized carbons (Fsp3) is 0.476. The minimum atomic E-state index is 0.0735. The van der Waals surface area contributed by atoms with Gasteiger partial charge in [0.05, 0.1) is 11.3 Å². The zero-order valence-corrected chi connectivity index (χ0v) is 14.1. The summed E-state index contributed by atoms with van der Waals surface area (Å²) in [6.07, 6.45) is 12.7. The van der Waals surface area contributed by atoms with Crippen LogP contribution in [0.1, 0.15) is 48.8 Å². The molecule has 2 fully saturated rings. The van der Waals surface area contributed by atoms with Gasteiger partial charge in [0, 0.05) is 31.6 Å². The molecular weight excluding hydrogens is 296 g/mol. The Kier molecular flexibility index (Phi) is 3.73. The fourth-order valence-electron chi connectivity index (χ4n) is 4.51. The van der Waals surface area contributed by atoms with E-state index in [1.807, 2.05) is 12.1 Å². The van der Waals surface area contributed by atoms with E-state index in [0.29, 0.717) is 24.0 Å². The van der Waals surface area contributed by atoms with Crippen LogP contribution in [0.5, 0.6) is 0 Å². The second-order valence-corrected chi connectivity index (χ2v) is 7.50. The van der Waals surface area contributed by atoms with Gasteiger partial charge in [-0.05, 0) is 48.3 Å². The molecule has 3 nitrogen and oxygen atoms in total. The van der Waals surface area contributed by atoms with Crippen LogP contribution in [0.25, 0.3) is 5.70 Å². The molecule has 0 atom stereocenters. The number of allylic oxidation sites excluding steroid dienone is 1. The summed E-state index contributed by atoms with van der Waals surface area (Å²) in [5, 5.41) is 0. The van der Waals surface area contributed by atoms with Crippen LogP contribution in [-0.4, -0.2) is 23.8 Å². The lowest BCUT2D eigenvalue weighted by molar-refractivity contribution is -0.114. The fourth-order valence-corrected chi connectivity index (χ4v) is 4.51. The Morgan fingerprint density at radius 3 is 2.54 bits per heavy atom. The van der Waals surface area contributed by atoms with Crippen LogP contribution in [0.2, 0.25) is 0 Å². The van der Waals surface area contributed by atoms with Crippen molar-refractivity contribution in [2.75, 3.05) is 13.1 Å². The van der Waals surface area contributed by atoms with Crippen LogP contribution in [-0.2, 0) is 17.8 Å². The first-order valence-corrected chi connectivity index (χ1v) is 8.97. The summed E-state index contributed by atoms with van der Waals surface area (Å²) in [7, 11) is 0. The smallest absolute Gasteiger partial charge is 0.177 e. The number of terminal acetylenes is 1. The Balaban J connectivity index is 1.73. The summed E-state index contributed by atoms with van der Waals surface area (Å²) >= 11 is 0. The van der Waals surface area contributed by atoms with Gasteiger partial charge >= 0.3 is 0 Å². The summed E-state index contributed by atoms with van der Waals surface area (Å²) in [4.78, 5) is 14.9. The number of benzene rings is 1. The topological polar surface area (TPSA) is 46.3 Å². The Morgan fingerprint density at radius 1 is 1.21 bits per heavy atom. The van der Waals surface area contributed by atoms with Crippen molar-refractivity contribution < 1.29 is 4.79 Å². The van der Waals surface area contributed by atoms with Crippen molar-refractivity contribution in [3.63, 3.8) is 0 Å². The molecular formula is C21H24N2O. The Morgan fingerprint density at radius 2 is 1.96 bits per heavy atom. The monoisotopic (exact) mass is 320 g/mol. The molecule has 1 spiro atoms. The van der Waals surface area contributed by atoms with E-state index in [2.05, 4.69) is 16.9 Å².